The van der Waals surface area contributed by atoms with E-state index < -0.39 is 0 Å². The van der Waals surface area contributed by atoms with E-state index in [9.17, 15) is 9.59 Å². The van der Waals surface area contributed by atoms with Crippen molar-refractivity contribution in [2.24, 2.45) is 10.8 Å². The van der Waals surface area contributed by atoms with E-state index in [1.165, 1.54) is 16.7 Å². The third kappa shape index (κ3) is 5.57. The molecule has 10 nitrogen and oxygen atoms in total. The van der Waals surface area contributed by atoms with Crippen molar-refractivity contribution in [2.75, 3.05) is 60.0 Å². The molecular weight excluding hydrogens is 735 g/mol. The minimum atomic E-state index is 0.0639. The quantitative estimate of drug-likeness (QED) is 0.220. The Labute approximate surface area is 331 Å². The van der Waals surface area contributed by atoms with Crippen LogP contribution >= 0.6 is 23.2 Å². The SMILES string of the molecule is COc1nc(-c2cccc(-c3cccc(-c4cc5c(c(OC)n4)[C@H](N4CC6(CN(C(C)=O)C6)C4)CC5)c3Cl)c2Cl)cc2c1[C@H](N1CC3(CNC(=O)C3)C1)CC2. The fourth-order valence-corrected chi connectivity index (χ4v) is 11.2. The second-order valence-corrected chi connectivity index (χ2v) is 17.5. The molecule has 10 rings (SSSR count). The van der Waals surface area contributed by atoms with Crippen LogP contribution in [0, 0.1) is 10.8 Å². The van der Waals surface area contributed by atoms with Crippen molar-refractivity contribution in [1.29, 1.82) is 0 Å². The minimum Gasteiger partial charge on any atom is -0.481 e. The van der Waals surface area contributed by atoms with Crippen LogP contribution in [0.3, 0.4) is 0 Å². The lowest BCUT2D eigenvalue weighted by Gasteiger charge is -2.61. The van der Waals surface area contributed by atoms with Crippen molar-refractivity contribution in [1.82, 2.24) is 30.0 Å². The van der Waals surface area contributed by atoms with E-state index in [0.717, 1.165) is 111 Å². The first-order chi connectivity index (χ1) is 26.6. The molecule has 2 aromatic heterocycles. The molecule has 4 fully saturated rings. The summed E-state index contributed by atoms with van der Waals surface area (Å²) in [5, 5.41) is 4.16. The summed E-state index contributed by atoms with van der Waals surface area (Å²) in [6, 6.07) is 16.8. The van der Waals surface area contributed by atoms with Gasteiger partial charge in [0.2, 0.25) is 23.6 Å². The standard InChI is InChI=1S/C43H44Cl2N6O4/c1-24(52)49-20-43(21-49)22-51(23-43)34-13-11-26-15-32(48-41(55-3)37(26)34)30-9-5-7-28(39(30)45)27-6-4-8-29(38(27)44)31-14-25-10-12-33(36(25)40(47-31)54-2)50-18-42(19-50)16-35(53)46-17-42/h4-9,14-15,33-34H,10-13,16-23H2,1-3H3,(H,46,53)/t33-,34-/m1/s1. The van der Waals surface area contributed by atoms with Gasteiger partial charge < -0.3 is 19.7 Å². The van der Waals surface area contributed by atoms with Gasteiger partial charge in [-0.1, -0.05) is 59.6 Å². The van der Waals surface area contributed by atoms with Crippen LogP contribution in [0.5, 0.6) is 11.8 Å². The van der Waals surface area contributed by atoms with E-state index in [-0.39, 0.29) is 34.7 Å². The summed E-state index contributed by atoms with van der Waals surface area (Å²) in [5.41, 5.74) is 9.90. The van der Waals surface area contributed by atoms with E-state index in [1.807, 2.05) is 41.3 Å². The number of pyridine rings is 2. The van der Waals surface area contributed by atoms with Crippen LogP contribution < -0.4 is 14.8 Å². The topological polar surface area (TPSA) is 100 Å². The first-order valence-corrected chi connectivity index (χ1v) is 20.1. The molecule has 0 saturated carbocycles. The summed E-state index contributed by atoms with van der Waals surface area (Å²) < 4.78 is 11.9. The normalized spacial score (nSPS) is 23.2. The lowest BCUT2D eigenvalue weighted by atomic mass is 9.72. The molecule has 4 saturated heterocycles. The molecule has 55 heavy (non-hydrogen) atoms. The monoisotopic (exact) mass is 778 g/mol. The zero-order valence-corrected chi connectivity index (χ0v) is 32.9. The third-order valence-electron chi connectivity index (χ3n) is 13.2. The second kappa shape index (κ2) is 12.9. The number of aromatic nitrogens is 2. The third-order valence-corrected chi connectivity index (χ3v) is 14.0. The van der Waals surface area contributed by atoms with Crippen LogP contribution in [-0.2, 0) is 22.4 Å². The number of amides is 2. The maximum atomic E-state index is 11.9. The van der Waals surface area contributed by atoms with Crippen LogP contribution in [0.1, 0.15) is 60.5 Å². The number of halogens is 2. The van der Waals surface area contributed by atoms with Crippen LogP contribution in [0.15, 0.2) is 48.5 Å². The van der Waals surface area contributed by atoms with Crippen LogP contribution in [0.25, 0.3) is 33.6 Å². The van der Waals surface area contributed by atoms with Crippen molar-refractivity contribution in [3.05, 3.63) is 80.8 Å². The molecule has 12 heteroatoms. The van der Waals surface area contributed by atoms with Crippen LogP contribution in [0.2, 0.25) is 10.0 Å². The van der Waals surface area contributed by atoms with Gasteiger partial charge in [0.25, 0.3) is 0 Å². The van der Waals surface area contributed by atoms with Crippen molar-refractivity contribution >= 4 is 35.0 Å². The van der Waals surface area contributed by atoms with Gasteiger partial charge in [0.15, 0.2) is 0 Å². The lowest BCUT2D eigenvalue weighted by molar-refractivity contribution is -0.161. The summed E-state index contributed by atoms with van der Waals surface area (Å²) in [6.07, 6.45) is 4.48. The second-order valence-electron chi connectivity index (χ2n) is 16.8. The van der Waals surface area contributed by atoms with Gasteiger partial charge in [-0.3, -0.25) is 19.4 Å². The van der Waals surface area contributed by atoms with Crippen molar-refractivity contribution in [2.45, 2.75) is 51.1 Å². The Kier molecular flexibility index (Phi) is 8.27. The highest BCUT2D eigenvalue weighted by Crippen LogP contribution is 2.52. The molecule has 1 N–H and O–H groups in total. The average molecular weight is 780 g/mol. The Morgan fingerprint density at radius 3 is 1.65 bits per heavy atom. The smallest absolute Gasteiger partial charge is 0.220 e. The number of methoxy groups -OCH3 is 2. The van der Waals surface area contributed by atoms with E-state index in [4.69, 9.17) is 42.6 Å². The number of ether oxygens (including phenoxy) is 2. The molecule has 6 heterocycles. The molecule has 284 valence electrons. The molecule has 2 aromatic carbocycles. The van der Waals surface area contributed by atoms with Gasteiger partial charge in [-0.2, -0.15) is 0 Å². The summed E-state index contributed by atoms with van der Waals surface area (Å²) in [7, 11) is 3.38. The van der Waals surface area contributed by atoms with Gasteiger partial charge in [-0.05, 0) is 48.9 Å². The number of hydrogen-bond acceptors (Lipinski definition) is 8. The molecule has 6 aliphatic rings. The van der Waals surface area contributed by atoms with Crippen molar-refractivity contribution < 1.29 is 19.1 Å². The maximum absolute atomic E-state index is 11.9. The predicted molar refractivity (Wildman–Crippen MR) is 211 cm³/mol. The average Bonchev–Trinajstić information content (AvgIpc) is 3.86. The van der Waals surface area contributed by atoms with Gasteiger partial charge in [-0.25, -0.2) is 9.97 Å². The number of nitrogens with zero attached hydrogens (tertiary/aromatic N) is 5. The van der Waals surface area contributed by atoms with Crippen LogP contribution in [0.4, 0.5) is 0 Å². The number of fused-ring (bicyclic) bond motifs is 2. The maximum Gasteiger partial charge on any atom is 0.220 e. The summed E-state index contributed by atoms with van der Waals surface area (Å²) in [4.78, 5) is 40.8. The minimum absolute atomic E-state index is 0.0639. The van der Waals surface area contributed by atoms with Crippen molar-refractivity contribution in [3.8, 4) is 45.4 Å². The Morgan fingerprint density at radius 1 is 0.745 bits per heavy atom. The number of likely N-dealkylation sites (tertiary alicyclic amines) is 3. The molecule has 2 spiro atoms. The first-order valence-electron chi connectivity index (χ1n) is 19.3. The lowest BCUT2D eigenvalue weighted by Crippen LogP contribution is -2.72. The van der Waals surface area contributed by atoms with Crippen molar-refractivity contribution in [3.63, 3.8) is 0 Å². The summed E-state index contributed by atoms with van der Waals surface area (Å²) in [5.74, 6) is 1.60. The molecule has 2 aliphatic carbocycles. The number of rotatable bonds is 7. The fourth-order valence-electron chi connectivity index (χ4n) is 10.6. The Hall–Kier alpha value is -4.22. The van der Waals surface area contributed by atoms with Gasteiger partial charge in [0, 0.05) is 115 Å². The highest BCUT2D eigenvalue weighted by Gasteiger charge is 2.55. The Morgan fingerprint density at radius 2 is 1.22 bits per heavy atom. The first kappa shape index (κ1) is 35.2. The van der Waals surface area contributed by atoms with E-state index in [0.29, 0.717) is 28.2 Å². The fraction of sp³-hybridized carbons (Fsp3) is 0.442. The Balaban J connectivity index is 0.923. The zero-order valence-electron chi connectivity index (χ0n) is 31.4. The number of benzene rings is 2. The predicted octanol–water partition coefficient (Wildman–Crippen LogP) is 6.76. The number of aryl methyl sites for hydroxylation is 2. The number of nitrogens with one attached hydrogen (secondary N) is 1. The van der Waals surface area contributed by atoms with Gasteiger partial charge in [0.1, 0.15) is 0 Å². The highest BCUT2D eigenvalue weighted by atomic mass is 35.5. The molecule has 4 aromatic rings. The van der Waals surface area contributed by atoms with Crippen LogP contribution in [-0.4, -0.2) is 96.5 Å². The molecule has 0 unspecified atom stereocenters. The molecule has 2 amide bonds. The van der Waals surface area contributed by atoms with E-state index in [1.54, 1.807) is 21.1 Å². The molecule has 0 radical (unpaired) electrons. The highest BCUT2D eigenvalue weighted by molar-refractivity contribution is 6.39. The molecule has 2 atom stereocenters. The number of carbonyl (C=O) groups excluding carboxylic acids is 2. The summed E-state index contributed by atoms with van der Waals surface area (Å²) in [6.45, 7) is 7.94. The Bertz CT molecular complexity index is 2280. The van der Waals surface area contributed by atoms with Gasteiger partial charge >= 0.3 is 0 Å². The largest absolute Gasteiger partial charge is 0.481 e. The molecule has 4 aliphatic heterocycles. The number of hydrogen-bond donors (Lipinski definition) is 1. The van der Waals surface area contributed by atoms with E-state index >= 15 is 0 Å². The summed E-state index contributed by atoms with van der Waals surface area (Å²) >= 11 is 14.6. The molecular formula is C43H44Cl2N6O4. The van der Waals surface area contributed by atoms with E-state index in [2.05, 4.69) is 27.2 Å². The number of carbonyl (C=O) groups is 2. The molecule has 0 bridgehead atoms. The van der Waals surface area contributed by atoms with Gasteiger partial charge in [0.05, 0.1) is 35.7 Å². The zero-order chi connectivity index (χ0) is 37.8. The van der Waals surface area contributed by atoms with Gasteiger partial charge in [-0.15, -0.1) is 0 Å².